The van der Waals surface area contributed by atoms with Crippen molar-refractivity contribution in [2.45, 2.75) is 19.4 Å². The van der Waals surface area contributed by atoms with Gasteiger partial charge in [-0.3, -0.25) is 9.69 Å². The molecule has 3 N–H and O–H groups in total. The van der Waals surface area contributed by atoms with Crippen LogP contribution in [0.5, 0.6) is 0 Å². The molecular formula is C11H19N5O. The van der Waals surface area contributed by atoms with Crippen LogP contribution in [0.25, 0.3) is 0 Å². The van der Waals surface area contributed by atoms with Crippen LogP contribution in [0.4, 0.5) is 11.5 Å². The van der Waals surface area contributed by atoms with Gasteiger partial charge in [0.15, 0.2) is 5.82 Å². The van der Waals surface area contributed by atoms with E-state index in [1.165, 1.54) is 6.33 Å². The fourth-order valence-electron chi connectivity index (χ4n) is 2.07. The second-order valence-electron chi connectivity index (χ2n) is 5.12. The van der Waals surface area contributed by atoms with E-state index in [1.54, 1.807) is 0 Å². The summed E-state index contributed by atoms with van der Waals surface area (Å²) in [6, 6.07) is 0. The molecule has 1 aliphatic rings. The van der Waals surface area contributed by atoms with Gasteiger partial charge in [-0.2, -0.15) is 0 Å². The van der Waals surface area contributed by atoms with Gasteiger partial charge in [-0.15, -0.1) is 0 Å². The van der Waals surface area contributed by atoms with Crippen molar-refractivity contribution >= 4 is 11.5 Å². The Morgan fingerprint density at radius 1 is 1.47 bits per heavy atom. The predicted molar refractivity (Wildman–Crippen MR) is 68.2 cm³/mol. The van der Waals surface area contributed by atoms with Crippen molar-refractivity contribution in [3.05, 3.63) is 16.7 Å². The minimum atomic E-state index is -0.272. The van der Waals surface area contributed by atoms with Crippen molar-refractivity contribution in [1.82, 2.24) is 14.9 Å². The molecule has 2 rings (SSSR count). The van der Waals surface area contributed by atoms with Gasteiger partial charge in [0.1, 0.15) is 5.69 Å². The van der Waals surface area contributed by atoms with Gasteiger partial charge in [-0.05, 0) is 20.9 Å². The quantitative estimate of drug-likeness (QED) is 0.712. The number of likely N-dealkylation sites (N-methyl/N-ethyl adjacent to an activating group) is 1. The van der Waals surface area contributed by atoms with Crippen LogP contribution in [0.3, 0.4) is 0 Å². The third kappa shape index (κ3) is 2.12. The van der Waals surface area contributed by atoms with Crippen molar-refractivity contribution in [2.75, 3.05) is 37.3 Å². The zero-order valence-corrected chi connectivity index (χ0v) is 10.5. The van der Waals surface area contributed by atoms with Gasteiger partial charge in [0, 0.05) is 25.2 Å². The lowest BCUT2D eigenvalue weighted by atomic mass is 10.00. The molecule has 94 valence electrons. The van der Waals surface area contributed by atoms with Crippen LogP contribution in [-0.2, 0) is 0 Å². The van der Waals surface area contributed by atoms with E-state index in [0.717, 1.165) is 19.6 Å². The van der Waals surface area contributed by atoms with Crippen molar-refractivity contribution in [3.8, 4) is 0 Å². The first-order valence-corrected chi connectivity index (χ1v) is 5.71. The Hall–Kier alpha value is -1.56. The van der Waals surface area contributed by atoms with Crippen LogP contribution in [0.15, 0.2) is 11.1 Å². The number of aromatic amines is 1. The summed E-state index contributed by atoms with van der Waals surface area (Å²) in [5, 5.41) is 0. The average molecular weight is 237 g/mol. The first-order chi connectivity index (χ1) is 7.92. The van der Waals surface area contributed by atoms with E-state index in [-0.39, 0.29) is 16.8 Å². The van der Waals surface area contributed by atoms with E-state index in [0.29, 0.717) is 5.82 Å². The van der Waals surface area contributed by atoms with Crippen LogP contribution in [0.1, 0.15) is 13.8 Å². The zero-order chi connectivity index (χ0) is 12.6. The maximum absolute atomic E-state index is 11.5. The molecule has 0 spiro atoms. The summed E-state index contributed by atoms with van der Waals surface area (Å²) in [4.78, 5) is 22.5. The highest BCUT2D eigenvalue weighted by molar-refractivity contribution is 5.61. The molecule has 0 bridgehead atoms. The number of hydrogen-bond donors (Lipinski definition) is 2. The van der Waals surface area contributed by atoms with E-state index in [9.17, 15) is 4.79 Å². The molecule has 0 saturated carbocycles. The number of anilines is 2. The molecule has 0 unspecified atom stereocenters. The molecule has 2 heterocycles. The summed E-state index contributed by atoms with van der Waals surface area (Å²) in [6.07, 6.45) is 1.40. The van der Waals surface area contributed by atoms with Crippen LogP contribution >= 0.6 is 0 Å². The number of nitrogens with zero attached hydrogens (tertiary/aromatic N) is 3. The summed E-state index contributed by atoms with van der Waals surface area (Å²) >= 11 is 0. The molecule has 1 aromatic rings. The second kappa shape index (κ2) is 4.03. The lowest BCUT2D eigenvalue weighted by Crippen LogP contribution is -2.58. The predicted octanol–water partition coefficient (Wildman–Crippen LogP) is -0.117. The smallest absolute Gasteiger partial charge is 0.276 e. The monoisotopic (exact) mass is 237 g/mol. The maximum Gasteiger partial charge on any atom is 0.276 e. The first-order valence-electron chi connectivity index (χ1n) is 5.71. The molecule has 6 heteroatoms. The van der Waals surface area contributed by atoms with Crippen LogP contribution in [0, 0.1) is 0 Å². The topological polar surface area (TPSA) is 78.2 Å². The van der Waals surface area contributed by atoms with E-state index >= 15 is 0 Å². The third-order valence-electron chi connectivity index (χ3n) is 3.48. The number of rotatable bonds is 1. The largest absolute Gasteiger partial charge is 0.391 e. The SMILES string of the molecule is CN1CCN(c2nc[nH]c(=O)c2N)CC1(C)C. The number of nitrogens with two attached hydrogens (primary N) is 1. The Bertz CT molecular complexity index is 467. The highest BCUT2D eigenvalue weighted by Gasteiger charge is 2.32. The highest BCUT2D eigenvalue weighted by atomic mass is 16.1. The van der Waals surface area contributed by atoms with E-state index in [4.69, 9.17) is 5.73 Å². The minimum absolute atomic E-state index is 0.0506. The molecule has 0 aliphatic carbocycles. The van der Waals surface area contributed by atoms with E-state index in [2.05, 4.69) is 40.7 Å². The second-order valence-corrected chi connectivity index (χ2v) is 5.12. The standard InChI is InChI=1S/C11H19N5O/c1-11(2)6-16(5-4-15(11)3)9-8(12)10(17)14-7-13-9/h7H,4-6,12H2,1-3H3,(H,13,14,17). The van der Waals surface area contributed by atoms with Crippen LogP contribution in [0.2, 0.25) is 0 Å². The van der Waals surface area contributed by atoms with E-state index < -0.39 is 0 Å². The van der Waals surface area contributed by atoms with Crippen molar-refractivity contribution in [1.29, 1.82) is 0 Å². The summed E-state index contributed by atoms with van der Waals surface area (Å²) in [5.74, 6) is 0.593. The van der Waals surface area contributed by atoms with Crippen LogP contribution < -0.4 is 16.2 Å². The molecular weight excluding hydrogens is 218 g/mol. The third-order valence-corrected chi connectivity index (χ3v) is 3.48. The lowest BCUT2D eigenvalue weighted by molar-refractivity contribution is 0.138. The Kier molecular flexibility index (Phi) is 2.82. The number of H-pyrrole nitrogens is 1. The molecule has 17 heavy (non-hydrogen) atoms. The average Bonchev–Trinajstić information content (AvgIpc) is 2.26. The van der Waals surface area contributed by atoms with Gasteiger partial charge in [0.25, 0.3) is 5.56 Å². The molecule has 0 aromatic carbocycles. The maximum atomic E-state index is 11.5. The minimum Gasteiger partial charge on any atom is -0.391 e. The zero-order valence-electron chi connectivity index (χ0n) is 10.5. The molecule has 0 amide bonds. The number of hydrogen-bond acceptors (Lipinski definition) is 5. The number of piperazine rings is 1. The Balaban J connectivity index is 2.30. The molecule has 1 aromatic heterocycles. The number of nitrogens with one attached hydrogen (secondary N) is 1. The molecule has 1 fully saturated rings. The Labute approximate surface area is 100 Å². The van der Waals surface area contributed by atoms with Crippen LogP contribution in [-0.4, -0.2) is 47.1 Å². The summed E-state index contributed by atoms with van der Waals surface area (Å²) in [5.41, 5.74) is 5.76. The van der Waals surface area contributed by atoms with Crippen molar-refractivity contribution in [2.24, 2.45) is 0 Å². The molecule has 1 saturated heterocycles. The van der Waals surface area contributed by atoms with Gasteiger partial charge >= 0.3 is 0 Å². The van der Waals surface area contributed by atoms with Gasteiger partial charge < -0.3 is 15.6 Å². The molecule has 0 atom stereocenters. The normalized spacial score (nSPS) is 20.5. The molecule has 0 radical (unpaired) electrons. The van der Waals surface area contributed by atoms with Gasteiger partial charge in [-0.1, -0.05) is 0 Å². The number of nitrogen functional groups attached to an aromatic ring is 1. The van der Waals surface area contributed by atoms with E-state index in [1.807, 2.05) is 0 Å². The highest BCUT2D eigenvalue weighted by Crippen LogP contribution is 2.24. The van der Waals surface area contributed by atoms with Gasteiger partial charge in [0.05, 0.1) is 6.33 Å². The Morgan fingerprint density at radius 3 is 2.82 bits per heavy atom. The van der Waals surface area contributed by atoms with Gasteiger partial charge in [-0.25, -0.2) is 4.98 Å². The summed E-state index contributed by atoms with van der Waals surface area (Å²) in [7, 11) is 2.10. The Morgan fingerprint density at radius 2 is 2.18 bits per heavy atom. The molecule has 6 nitrogen and oxygen atoms in total. The van der Waals surface area contributed by atoms with Gasteiger partial charge in [0.2, 0.25) is 0 Å². The van der Waals surface area contributed by atoms with Crippen molar-refractivity contribution in [3.63, 3.8) is 0 Å². The fourth-order valence-corrected chi connectivity index (χ4v) is 2.07. The first kappa shape index (κ1) is 11.9. The summed E-state index contributed by atoms with van der Waals surface area (Å²) < 4.78 is 0. The molecule has 1 aliphatic heterocycles. The lowest BCUT2D eigenvalue weighted by Gasteiger charge is -2.45. The number of aromatic nitrogens is 2. The summed E-state index contributed by atoms with van der Waals surface area (Å²) in [6.45, 7) is 6.91. The fraction of sp³-hybridized carbons (Fsp3) is 0.636. The van der Waals surface area contributed by atoms with Crippen molar-refractivity contribution < 1.29 is 0 Å².